The molecule has 0 unspecified atom stereocenters. The summed E-state index contributed by atoms with van der Waals surface area (Å²) in [5, 5.41) is 3.17. The van der Waals surface area contributed by atoms with Gasteiger partial charge in [-0.3, -0.25) is 0 Å². The first-order valence-electron chi connectivity index (χ1n) is 5.55. The maximum Gasteiger partial charge on any atom is 0.123 e. The third-order valence-electron chi connectivity index (χ3n) is 2.35. The Hall–Kier alpha value is -1.02. The molecule has 1 aromatic rings. The molecule has 0 bridgehead atoms. The van der Waals surface area contributed by atoms with E-state index in [1.807, 2.05) is 7.05 Å². The fourth-order valence-electron chi connectivity index (χ4n) is 1.61. The molecule has 0 aliphatic rings. The van der Waals surface area contributed by atoms with Gasteiger partial charge in [-0.1, -0.05) is 12.1 Å². The van der Waals surface area contributed by atoms with E-state index in [2.05, 4.69) is 44.3 Å². The van der Waals surface area contributed by atoms with Crippen LogP contribution in [-0.4, -0.2) is 19.7 Å². The van der Waals surface area contributed by atoms with Crippen molar-refractivity contribution in [2.75, 3.05) is 13.6 Å². The number of likely N-dealkylation sites (N-methyl/N-ethyl adjacent to an activating group) is 1. The molecule has 0 saturated carbocycles. The second-order valence-corrected chi connectivity index (χ2v) is 4.07. The third kappa shape index (κ3) is 3.56. The van der Waals surface area contributed by atoms with Crippen LogP contribution in [0.2, 0.25) is 0 Å². The molecule has 15 heavy (non-hydrogen) atoms. The first-order chi connectivity index (χ1) is 7.15. The van der Waals surface area contributed by atoms with E-state index in [1.54, 1.807) is 0 Å². The quantitative estimate of drug-likeness (QED) is 0.801. The summed E-state index contributed by atoms with van der Waals surface area (Å²) >= 11 is 0. The minimum absolute atomic E-state index is 0.236. The molecule has 0 spiro atoms. The number of aryl methyl sites for hydroxylation is 1. The highest BCUT2D eigenvalue weighted by molar-refractivity contribution is 5.40. The van der Waals surface area contributed by atoms with Gasteiger partial charge in [0.1, 0.15) is 5.75 Å². The summed E-state index contributed by atoms with van der Waals surface area (Å²) in [5.41, 5.74) is 2.63. The van der Waals surface area contributed by atoms with Crippen LogP contribution < -0.4 is 10.1 Å². The molecule has 1 N–H and O–H groups in total. The topological polar surface area (TPSA) is 21.3 Å². The summed E-state index contributed by atoms with van der Waals surface area (Å²) in [7, 11) is 1.97. The molecule has 2 nitrogen and oxygen atoms in total. The van der Waals surface area contributed by atoms with E-state index < -0.39 is 0 Å². The highest BCUT2D eigenvalue weighted by atomic mass is 16.5. The second kappa shape index (κ2) is 5.76. The molecule has 0 heterocycles. The van der Waals surface area contributed by atoms with Gasteiger partial charge in [0.25, 0.3) is 0 Å². The standard InChI is InChI=1S/C13H21NO/c1-10(2)15-13-7-5-6-11(3)12(13)8-9-14-4/h5-7,10,14H,8-9H2,1-4H3. The van der Waals surface area contributed by atoms with Crippen LogP contribution in [0.25, 0.3) is 0 Å². The number of hydrogen-bond donors (Lipinski definition) is 1. The minimum atomic E-state index is 0.236. The summed E-state index contributed by atoms with van der Waals surface area (Å²) in [6.45, 7) is 7.24. The molecule has 0 amide bonds. The predicted octanol–water partition coefficient (Wildman–Crippen LogP) is 2.54. The zero-order valence-corrected chi connectivity index (χ0v) is 10.1. The number of rotatable bonds is 5. The molecule has 2 heteroatoms. The van der Waals surface area contributed by atoms with Crippen LogP contribution in [0.5, 0.6) is 5.75 Å². The third-order valence-corrected chi connectivity index (χ3v) is 2.35. The summed E-state index contributed by atoms with van der Waals surface area (Å²) < 4.78 is 5.80. The van der Waals surface area contributed by atoms with Gasteiger partial charge in [-0.2, -0.15) is 0 Å². The Bertz CT molecular complexity index is 307. The molecule has 0 atom stereocenters. The van der Waals surface area contributed by atoms with Gasteiger partial charge in [0.05, 0.1) is 6.10 Å². The lowest BCUT2D eigenvalue weighted by Crippen LogP contribution is -2.13. The Kier molecular flexibility index (Phi) is 4.63. The van der Waals surface area contributed by atoms with Crippen LogP contribution in [0.3, 0.4) is 0 Å². The van der Waals surface area contributed by atoms with Crippen molar-refractivity contribution in [1.29, 1.82) is 0 Å². The Morgan fingerprint density at radius 1 is 1.33 bits per heavy atom. The molecule has 84 valence electrons. The van der Waals surface area contributed by atoms with E-state index in [4.69, 9.17) is 4.74 Å². The van der Waals surface area contributed by atoms with Crippen molar-refractivity contribution in [3.05, 3.63) is 29.3 Å². The van der Waals surface area contributed by atoms with Gasteiger partial charge in [0.15, 0.2) is 0 Å². The fraction of sp³-hybridized carbons (Fsp3) is 0.538. The summed E-state index contributed by atoms with van der Waals surface area (Å²) in [4.78, 5) is 0. The highest BCUT2D eigenvalue weighted by Crippen LogP contribution is 2.23. The van der Waals surface area contributed by atoms with Crippen LogP contribution in [0.15, 0.2) is 18.2 Å². The van der Waals surface area contributed by atoms with Crippen molar-refractivity contribution in [2.45, 2.75) is 33.3 Å². The van der Waals surface area contributed by atoms with Crippen molar-refractivity contribution >= 4 is 0 Å². The van der Waals surface area contributed by atoms with Gasteiger partial charge >= 0.3 is 0 Å². The van der Waals surface area contributed by atoms with E-state index >= 15 is 0 Å². The van der Waals surface area contributed by atoms with Gasteiger partial charge in [0, 0.05) is 0 Å². The van der Waals surface area contributed by atoms with Gasteiger partial charge in [-0.25, -0.2) is 0 Å². The first kappa shape index (κ1) is 12.1. The van der Waals surface area contributed by atoms with Crippen LogP contribution in [0.1, 0.15) is 25.0 Å². The number of benzene rings is 1. The lowest BCUT2D eigenvalue weighted by molar-refractivity contribution is 0.239. The van der Waals surface area contributed by atoms with Crippen molar-refractivity contribution in [1.82, 2.24) is 5.32 Å². The second-order valence-electron chi connectivity index (χ2n) is 4.07. The monoisotopic (exact) mass is 207 g/mol. The molecule has 0 aliphatic carbocycles. The van der Waals surface area contributed by atoms with Crippen LogP contribution in [-0.2, 0) is 6.42 Å². The average Bonchev–Trinajstić information content (AvgIpc) is 2.16. The van der Waals surface area contributed by atoms with Crippen molar-refractivity contribution < 1.29 is 4.74 Å². The van der Waals surface area contributed by atoms with Crippen molar-refractivity contribution in [2.24, 2.45) is 0 Å². The maximum absolute atomic E-state index is 5.80. The SMILES string of the molecule is CNCCc1c(C)cccc1OC(C)C. The molecule has 1 aromatic carbocycles. The summed E-state index contributed by atoms with van der Waals surface area (Å²) in [6, 6.07) is 6.24. The molecule has 0 saturated heterocycles. The van der Waals surface area contributed by atoms with Crippen molar-refractivity contribution in [3.63, 3.8) is 0 Å². The molecule has 1 rings (SSSR count). The summed E-state index contributed by atoms with van der Waals surface area (Å²) in [5.74, 6) is 1.03. The molecule has 0 aromatic heterocycles. The smallest absolute Gasteiger partial charge is 0.123 e. The van der Waals surface area contributed by atoms with Crippen LogP contribution >= 0.6 is 0 Å². The molecule has 0 fully saturated rings. The predicted molar refractivity (Wildman–Crippen MR) is 64.6 cm³/mol. The largest absolute Gasteiger partial charge is 0.491 e. The van der Waals surface area contributed by atoms with Gasteiger partial charge in [0.2, 0.25) is 0 Å². The number of hydrogen-bond acceptors (Lipinski definition) is 2. The molecule has 0 radical (unpaired) electrons. The average molecular weight is 207 g/mol. The van der Waals surface area contributed by atoms with Crippen LogP contribution in [0, 0.1) is 6.92 Å². The van der Waals surface area contributed by atoms with E-state index in [0.29, 0.717) is 0 Å². The normalized spacial score (nSPS) is 10.7. The zero-order chi connectivity index (χ0) is 11.3. The van der Waals surface area contributed by atoms with E-state index in [9.17, 15) is 0 Å². The Morgan fingerprint density at radius 3 is 2.67 bits per heavy atom. The van der Waals surface area contributed by atoms with Gasteiger partial charge in [-0.15, -0.1) is 0 Å². The highest BCUT2D eigenvalue weighted by Gasteiger charge is 2.07. The fourth-order valence-corrected chi connectivity index (χ4v) is 1.61. The molecule has 0 aliphatic heterocycles. The zero-order valence-electron chi connectivity index (χ0n) is 10.1. The molecular weight excluding hydrogens is 186 g/mol. The van der Waals surface area contributed by atoms with E-state index in [0.717, 1.165) is 18.7 Å². The van der Waals surface area contributed by atoms with E-state index in [1.165, 1.54) is 11.1 Å². The number of ether oxygens (including phenoxy) is 1. The Balaban J connectivity index is 2.87. The van der Waals surface area contributed by atoms with Gasteiger partial charge in [-0.05, 0) is 58.0 Å². The Labute approximate surface area is 92.6 Å². The lowest BCUT2D eigenvalue weighted by Gasteiger charge is -2.16. The Morgan fingerprint density at radius 2 is 2.07 bits per heavy atom. The minimum Gasteiger partial charge on any atom is -0.491 e. The van der Waals surface area contributed by atoms with Crippen molar-refractivity contribution in [3.8, 4) is 5.75 Å². The van der Waals surface area contributed by atoms with Crippen LogP contribution in [0.4, 0.5) is 0 Å². The summed E-state index contributed by atoms with van der Waals surface area (Å²) in [6.07, 6.45) is 1.26. The number of nitrogens with one attached hydrogen (secondary N) is 1. The molecular formula is C13H21NO. The maximum atomic E-state index is 5.80. The lowest BCUT2D eigenvalue weighted by atomic mass is 10.0. The van der Waals surface area contributed by atoms with E-state index in [-0.39, 0.29) is 6.10 Å². The first-order valence-corrected chi connectivity index (χ1v) is 5.55. The van der Waals surface area contributed by atoms with Gasteiger partial charge < -0.3 is 10.1 Å².